The Balaban J connectivity index is 2.45. The molecule has 3 unspecified atom stereocenters. The first kappa shape index (κ1) is 17.5. The van der Waals surface area contributed by atoms with Crippen molar-refractivity contribution in [3.63, 3.8) is 0 Å². The smallest absolute Gasteiger partial charge is 0.390 e. The maximum Gasteiger partial charge on any atom is 0.398 e. The Labute approximate surface area is 134 Å². The molecule has 0 amide bonds. The summed E-state index contributed by atoms with van der Waals surface area (Å²) in [6, 6.07) is 15.6. The normalized spacial score (nSPS) is 16.1. The summed E-state index contributed by atoms with van der Waals surface area (Å²) in [6.07, 6.45) is -6.15. The lowest BCUT2D eigenvalue weighted by atomic mass is 9.85. The van der Waals surface area contributed by atoms with Gasteiger partial charge in [-0.25, -0.2) is 0 Å². The van der Waals surface area contributed by atoms with E-state index in [0.29, 0.717) is 5.56 Å². The van der Waals surface area contributed by atoms with Gasteiger partial charge in [0.15, 0.2) is 0 Å². The van der Waals surface area contributed by atoms with E-state index in [4.69, 9.17) is 0 Å². The van der Waals surface area contributed by atoms with Crippen LogP contribution in [0.2, 0.25) is 0 Å². The molecule has 1 N–H and O–H groups in total. The minimum Gasteiger partial charge on any atom is -0.390 e. The number of likely N-dealkylation sites (N-methyl/N-ethyl adjacent to an activating group) is 1. The number of hydrogen-bond donors (Lipinski definition) is 1. The van der Waals surface area contributed by atoms with Gasteiger partial charge in [-0.2, -0.15) is 13.2 Å². The third kappa shape index (κ3) is 4.12. The van der Waals surface area contributed by atoms with Crippen molar-refractivity contribution in [2.24, 2.45) is 0 Å². The maximum absolute atomic E-state index is 13.6. The standard InChI is InChI=1S/C18H20F3NO/c1-22(2)16(14-11-7-4-8-12-14)17(23)15(18(19,20)21)13-9-5-3-6-10-13/h3-12,15-17,23H,1-2H3. The van der Waals surface area contributed by atoms with Gasteiger partial charge in [0.05, 0.1) is 12.1 Å². The molecular formula is C18H20F3NO. The fourth-order valence-electron chi connectivity index (χ4n) is 2.87. The molecule has 2 nitrogen and oxygen atoms in total. The summed E-state index contributed by atoms with van der Waals surface area (Å²) in [7, 11) is 3.33. The molecule has 0 saturated carbocycles. The predicted molar refractivity (Wildman–Crippen MR) is 84.1 cm³/mol. The Kier molecular flexibility index (Phi) is 5.44. The summed E-state index contributed by atoms with van der Waals surface area (Å²) in [4.78, 5) is 1.61. The molecule has 5 heteroatoms. The molecule has 0 spiro atoms. The summed E-state index contributed by atoms with van der Waals surface area (Å²) in [6.45, 7) is 0. The lowest BCUT2D eigenvalue weighted by Crippen LogP contribution is -2.41. The fourth-order valence-corrected chi connectivity index (χ4v) is 2.87. The van der Waals surface area contributed by atoms with Crippen molar-refractivity contribution in [2.45, 2.75) is 24.2 Å². The number of aliphatic hydroxyl groups is 1. The van der Waals surface area contributed by atoms with Crippen molar-refractivity contribution in [2.75, 3.05) is 14.1 Å². The monoisotopic (exact) mass is 323 g/mol. The van der Waals surface area contributed by atoms with Gasteiger partial charge in [0.2, 0.25) is 0 Å². The lowest BCUT2D eigenvalue weighted by Gasteiger charge is -2.35. The molecule has 2 rings (SSSR count). The average molecular weight is 323 g/mol. The summed E-state index contributed by atoms with van der Waals surface area (Å²) < 4.78 is 40.9. The van der Waals surface area contributed by atoms with Crippen LogP contribution in [0.3, 0.4) is 0 Å². The van der Waals surface area contributed by atoms with Gasteiger partial charge in [0.1, 0.15) is 5.92 Å². The molecule has 0 saturated heterocycles. The van der Waals surface area contributed by atoms with Crippen LogP contribution in [-0.2, 0) is 0 Å². The molecule has 0 aliphatic heterocycles. The highest BCUT2D eigenvalue weighted by atomic mass is 19.4. The summed E-state index contributed by atoms with van der Waals surface area (Å²) in [5, 5.41) is 10.6. The van der Waals surface area contributed by atoms with Crippen LogP contribution >= 0.6 is 0 Å². The number of hydrogen-bond acceptors (Lipinski definition) is 2. The van der Waals surface area contributed by atoms with E-state index in [2.05, 4.69) is 0 Å². The summed E-state index contributed by atoms with van der Waals surface area (Å²) >= 11 is 0. The molecule has 2 aromatic carbocycles. The minimum atomic E-state index is -4.54. The molecule has 0 bridgehead atoms. The van der Waals surface area contributed by atoms with Crippen LogP contribution in [0.15, 0.2) is 60.7 Å². The van der Waals surface area contributed by atoms with Gasteiger partial charge in [0.25, 0.3) is 0 Å². The minimum absolute atomic E-state index is 0.0651. The topological polar surface area (TPSA) is 23.5 Å². The van der Waals surface area contributed by atoms with Crippen molar-refractivity contribution in [3.05, 3.63) is 71.8 Å². The van der Waals surface area contributed by atoms with Gasteiger partial charge >= 0.3 is 6.18 Å². The van der Waals surface area contributed by atoms with Crippen molar-refractivity contribution in [1.82, 2.24) is 4.90 Å². The molecule has 0 aliphatic rings. The van der Waals surface area contributed by atoms with E-state index in [9.17, 15) is 18.3 Å². The number of halogens is 3. The molecule has 0 fully saturated rings. The molecule has 0 heterocycles. The first-order valence-corrected chi connectivity index (χ1v) is 7.33. The van der Waals surface area contributed by atoms with Crippen molar-refractivity contribution in [1.29, 1.82) is 0 Å². The van der Waals surface area contributed by atoms with Crippen molar-refractivity contribution >= 4 is 0 Å². The van der Waals surface area contributed by atoms with Crippen LogP contribution in [-0.4, -0.2) is 36.4 Å². The van der Waals surface area contributed by atoms with Crippen molar-refractivity contribution in [3.8, 4) is 0 Å². The first-order chi connectivity index (χ1) is 10.8. The number of aliphatic hydroxyl groups excluding tert-OH is 1. The van der Waals surface area contributed by atoms with E-state index in [0.717, 1.165) is 0 Å². The second-order valence-corrected chi connectivity index (χ2v) is 5.74. The maximum atomic E-state index is 13.6. The van der Waals surface area contributed by atoms with Crippen LogP contribution in [0.25, 0.3) is 0 Å². The van der Waals surface area contributed by atoms with E-state index >= 15 is 0 Å². The quantitative estimate of drug-likeness (QED) is 0.899. The SMILES string of the molecule is CN(C)C(c1ccccc1)C(O)C(c1ccccc1)C(F)(F)F. The zero-order valence-electron chi connectivity index (χ0n) is 13.0. The van der Waals surface area contributed by atoms with E-state index in [1.165, 1.54) is 12.1 Å². The first-order valence-electron chi connectivity index (χ1n) is 7.33. The molecule has 3 atom stereocenters. The fraction of sp³-hybridized carbons (Fsp3) is 0.333. The van der Waals surface area contributed by atoms with Gasteiger partial charge in [-0.1, -0.05) is 60.7 Å². The van der Waals surface area contributed by atoms with Crippen LogP contribution in [0.1, 0.15) is 23.1 Å². The Morgan fingerprint density at radius 3 is 1.65 bits per heavy atom. The largest absolute Gasteiger partial charge is 0.398 e. The highest BCUT2D eigenvalue weighted by Gasteiger charge is 2.48. The second kappa shape index (κ2) is 7.15. The van der Waals surface area contributed by atoms with Crippen LogP contribution in [0.5, 0.6) is 0 Å². The zero-order chi connectivity index (χ0) is 17.0. The molecule has 23 heavy (non-hydrogen) atoms. The van der Waals surface area contributed by atoms with Gasteiger partial charge < -0.3 is 10.0 Å². The number of rotatable bonds is 5. The number of benzene rings is 2. The van der Waals surface area contributed by atoms with Crippen LogP contribution in [0, 0.1) is 0 Å². The molecule has 0 aliphatic carbocycles. The third-order valence-electron chi connectivity index (χ3n) is 3.87. The summed E-state index contributed by atoms with van der Waals surface area (Å²) in [5.41, 5.74) is 0.713. The third-order valence-corrected chi connectivity index (χ3v) is 3.87. The number of nitrogens with zero attached hydrogens (tertiary/aromatic N) is 1. The van der Waals surface area contributed by atoms with E-state index < -0.39 is 24.2 Å². The second-order valence-electron chi connectivity index (χ2n) is 5.74. The van der Waals surface area contributed by atoms with Crippen LogP contribution in [0.4, 0.5) is 13.2 Å². The molecule has 2 aromatic rings. The molecule has 0 radical (unpaired) electrons. The highest BCUT2D eigenvalue weighted by Crippen LogP contribution is 2.42. The van der Waals surface area contributed by atoms with E-state index in [1.54, 1.807) is 67.5 Å². The summed E-state index contributed by atoms with van der Waals surface area (Å²) in [5.74, 6) is -1.95. The van der Waals surface area contributed by atoms with Gasteiger partial charge in [-0.3, -0.25) is 0 Å². The van der Waals surface area contributed by atoms with E-state index in [-0.39, 0.29) is 5.56 Å². The number of alkyl halides is 3. The van der Waals surface area contributed by atoms with E-state index in [1.807, 2.05) is 0 Å². The Morgan fingerprint density at radius 1 is 0.826 bits per heavy atom. The van der Waals surface area contributed by atoms with Crippen molar-refractivity contribution < 1.29 is 18.3 Å². The highest BCUT2D eigenvalue weighted by molar-refractivity contribution is 5.27. The Hall–Kier alpha value is -1.85. The Bertz CT molecular complexity index is 599. The lowest BCUT2D eigenvalue weighted by molar-refractivity contribution is -0.179. The Morgan fingerprint density at radius 2 is 1.26 bits per heavy atom. The zero-order valence-corrected chi connectivity index (χ0v) is 13.0. The van der Waals surface area contributed by atoms with Gasteiger partial charge in [0, 0.05) is 0 Å². The van der Waals surface area contributed by atoms with Crippen LogP contribution < -0.4 is 0 Å². The van der Waals surface area contributed by atoms with Gasteiger partial charge in [-0.05, 0) is 25.2 Å². The molecule has 124 valence electrons. The predicted octanol–water partition coefficient (Wildman–Crippen LogP) is 4.00. The van der Waals surface area contributed by atoms with Gasteiger partial charge in [-0.15, -0.1) is 0 Å². The molecular weight excluding hydrogens is 303 g/mol. The molecule has 0 aromatic heterocycles. The average Bonchev–Trinajstić information content (AvgIpc) is 2.48.